The number of aryl methyl sites for hydroxylation is 2. The average Bonchev–Trinajstić information content (AvgIpc) is 3.45. The van der Waals surface area contributed by atoms with Crippen molar-refractivity contribution in [2.45, 2.75) is 26.8 Å². The molecule has 0 bridgehead atoms. The second kappa shape index (κ2) is 8.44. The number of aliphatic hydroxyl groups is 1. The Balaban J connectivity index is 1.78. The van der Waals surface area contributed by atoms with Crippen molar-refractivity contribution in [3.05, 3.63) is 86.8 Å². The van der Waals surface area contributed by atoms with Crippen LogP contribution in [0.15, 0.2) is 54.2 Å². The second-order valence-electron chi connectivity index (χ2n) is 8.16. The molecular formula is C25H19ClN4O4S. The molecule has 1 N–H and O–H groups in total. The lowest BCUT2D eigenvalue weighted by molar-refractivity contribution is -0.132. The minimum absolute atomic E-state index is 0.0942. The zero-order valence-electron chi connectivity index (χ0n) is 18.9. The van der Waals surface area contributed by atoms with E-state index in [9.17, 15) is 19.5 Å². The van der Waals surface area contributed by atoms with Crippen molar-refractivity contribution in [2.75, 3.05) is 4.90 Å². The largest absolute Gasteiger partial charge is 0.505 e. The maximum Gasteiger partial charge on any atom is 0.301 e. The van der Waals surface area contributed by atoms with Gasteiger partial charge in [-0.15, -0.1) is 0 Å². The minimum Gasteiger partial charge on any atom is -0.505 e. The molecule has 3 aromatic heterocycles. The number of ketones is 2. The number of benzene rings is 1. The van der Waals surface area contributed by atoms with Gasteiger partial charge in [-0.1, -0.05) is 41.1 Å². The van der Waals surface area contributed by atoms with E-state index in [0.717, 1.165) is 11.3 Å². The second-order valence-corrected chi connectivity index (χ2v) is 9.58. The predicted octanol–water partition coefficient (Wildman–Crippen LogP) is 4.89. The number of hydrogen-bond donors (Lipinski definition) is 1. The van der Waals surface area contributed by atoms with Gasteiger partial charge in [-0.2, -0.15) is 0 Å². The average molecular weight is 507 g/mol. The molecule has 1 amide bonds. The summed E-state index contributed by atoms with van der Waals surface area (Å²) in [5.41, 5.74) is 2.33. The van der Waals surface area contributed by atoms with Gasteiger partial charge in [0, 0.05) is 18.1 Å². The van der Waals surface area contributed by atoms with E-state index in [1.54, 1.807) is 60.8 Å². The molecule has 35 heavy (non-hydrogen) atoms. The van der Waals surface area contributed by atoms with E-state index in [2.05, 4.69) is 9.97 Å². The number of rotatable bonds is 4. The number of thiazole rings is 1. The third kappa shape index (κ3) is 3.64. The van der Waals surface area contributed by atoms with Crippen LogP contribution in [0, 0.1) is 13.8 Å². The van der Waals surface area contributed by atoms with E-state index in [1.807, 2.05) is 6.07 Å². The monoisotopic (exact) mass is 506 g/mol. The van der Waals surface area contributed by atoms with Crippen LogP contribution in [0.3, 0.4) is 0 Å². The molecule has 0 radical (unpaired) electrons. The van der Waals surface area contributed by atoms with E-state index in [4.69, 9.17) is 11.6 Å². The number of carbonyl (C=O) groups is 3. The van der Waals surface area contributed by atoms with Gasteiger partial charge in [-0.3, -0.25) is 23.7 Å². The maximum absolute atomic E-state index is 13.4. The Bertz CT molecular complexity index is 1570. The van der Waals surface area contributed by atoms with Crippen LogP contribution < -0.4 is 4.90 Å². The Morgan fingerprint density at radius 1 is 1.06 bits per heavy atom. The maximum atomic E-state index is 13.4. The van der Waals surface area contributed by atoms with Crippen LogP contribution >= 0.6 is 22.9 Å². The highest BCUT2D eigenvalue weighted by molar-refractivity contribution is 7.18. The van der Waals surface area contributed by atoms with E-state index in [0.29, 0.717) is 38.2 Å². The molecule has 10 heteroatoms. The van der Waals surface area contributed by atoms with Crippen LogP contribution in [-0.2, 0) is 9.59 Å². The van der Waals surface area contributed by atoms with Crippen LogP contribution in [0.5, 0.6) is 0 Å². The fourth-order valence-corrected chi connectivity index (χ4v) is 5.44. The summed E-state index contributed by atoms with van der Waals surface area (Å²) in [6.07, 6.45) is 1.72. The number of aromatic nitrogens is 3. The summed E-state index contributed by atoms with van der Waals surface area (Å²) in [6.45, 7) is 4.81. The molecular weight excluding hydrogens is 488 g/mol. The molecule has 1 aliphatic heterocycles. The molecule has 0 spiro atoms. The fourth-order valence-electron chi connectivity index (χ4n) is 4.33. The molecule has 5 rings (SSSR count). The Morgan fingerprint density at radius 3 is 2.43 bits per heavy atom. The number of nitrogens with zero attached hydrogens (tertiary/aromatic N) is 4. The number of Topliss-reactive ketones (excluding diaryl/α,β-unsaturated/α-hetero) is 2. The molecule has 0 saturated carbocycles. The predicted molar refractivity (Wildman–Crippen MR) is 133 cm³/mol. The Morgan fingerprint density at radius 2 is 1.77 bits per heavy atom. The van der Waals surface area contributed by atoms with E-state index >= 15 is 0 Å². The summed E-state index contributed by atoms with van der Waals surface area (Å²) in [4.78, 5) is 49.3. The third-order valence-electron chi connectivity index (χ3n) is 5.87. The van der Waals surface area contributed by atoms with Crippen molar-refractivity contribution in [1.82, 2.24) is 14.4 Å². The van der Waals surface area contributed by atoms with Crippen molar-refractivity contribution in [2.24, 2.45) is 0 Å². The van der Waals surface area contributed by atoms with Crippen LogP contribution in [0.1, 0.15) is 45.3 Å². The summed E-state index contributed by atoms with van der Waals surface area (Å²) in [7, 11) is 0. The Kier molecular flexibility index (Phi) is 5.53. The standard InChI is InChI=1S/C25H19ClN4O4S/c1-12-19(29-11-5-4-6-17(29)27-12)21(32)18-20(15-7-9-16(26)10-8-15)30(24(34)22(18)33)25-28-13(2)23(35-25)14(3)31/h4-11,20,32H,1-3H3. The van der Waals surface area contributed by atoms with Gasteiger partial charge in [0.1, 0.15) is 11.3 Å². The SMILES string of the molecule is CC(=O)c1sc(N2C(=O)C(=O)C(=C(O)c3c(C)nc4ccccn34)C2c2ccc(Cl)cc2)nc1C. The van der Waals surface area contributed by atoms with Crippen LogP contribution in [0.2, 0.25) is 5.02 Å². The Labute approximate surface area is 209 Å². The van der Waals surface area contributed by atoms with Gasteiger partial charge >= 0.3 is 5.91 Å². The summed E-state index contributed by atoms with van der Waals surface area (Å²) in [5, 5.41) is 12.2. The molecule has 4 heterocycles. The molecule has 0 aliphatic carbocycles. The molecule has 176 valence electrons. The summed E-state index contributed by atoms with van der Waals surface area (Å²) in [5.74, 6) is -2.24. The highest BCUT2D eigenvalue weighted by Gasteiger charge is 2.48. The quantitative estimate of drug-likeness (QED) is 0.183. The summed E-state index contributed by atoms with van der Waals surface area (Å²) < 4.78 is 1.67. The first-order valence-corrected chi connectivity index (χ1v) is 11.9. The number of halogens is 1. The van der Waals surface area contributed by atoms with Gasteiger partial charge in [0.25, 0.3) is 5.78 Å². The topological polar surface area (TPSA) is 105 Å². The number of imidazole rings is 1. The number of pyridine rings is 1. The van der Waals surface area contributed by atoms with Gasteiger partial charge in [0.15, 0.2) is 16.7 Å². The van der Waals surface area contributed by atoms with Crippen molar-refractivity contribution < 1.29 is 19.5 Å². The van der Waals surface area contributed by atoms with Crippen molar-refractivity contribution in [1.29, 1.82) is 0 Å². The summed E-state index contributed by atoms with van der Waals surface area (Å²) in [6, 6.07) is 11.1. The van der Waals surface area contributed by atoms with Crippen molar-refractivity contribution in [3.63, 3.8) is 0 Å². The third-order valence-corrected chi connectivity index (χ3v) is 7.38. The molecule has 1 atom stereocenters. The van der Waals surface area contributed by atoms with Gasteiger partial charge in [-0.05, 0) is 43.7 Å². The number of hydrogen-bond acceptors (Lipinski definition) is 7. The first kappa shape index (κ1) is 22.9. The number of aliphatic hydroxyl groups excluding tert-OH is 1. The first-order valence-electron chi connectivity index (χ1n) is 10.7. The minimum atomic E-state index is -0.980. The molecule has 1 aromatic carbocycles. The number of fused-ring (bicyclic) bond motifs is 1. The molecule has 1 saturated heterocycles. The lowest BCUT2D eigenvalue weighted by Crippen LogP contribution is -2.29. The zero-order chi connectivity index (χ0) is 25.0. The van der Waals surface area contributed by atoms with Crippen LogP contribution in [-0.4, -0.2) is 36.9 Å². The lowest BCUT2D eigenvalue weighted by Gasteiger charge is -2.23. The van der Waals surface area contributed by atoms with Crippen molar-refractivity contribution in [3.8, 4) is 0 Å². The Hall–Kier alpha value is -3.82. The van der Waals surface area contributed by atoms with E-state index in [1.165, 1.54) is 11.8 Å². The van der Waals surface area contributed by atoms with Gasteiger partial charge in [-0.25, -0.2) is 9.97 Å². The van der Waals surface area contributed by atoms with Gasteiger partial charge in [0.2, 0.25) is 0 Å². The normalized spacial score (nSPS) is 17.5. The van der Waals surface area contributed by atoms with E-state index in [-0.39, 0.29) is 22.2 Å². The molecule has 1 aliphatic rings. The van der Waals surface area contributed by atoms with Gasteiger partial charge < -0.3 is 5.11 Å². The summed E-state index contributed by atoms with van der Waals surface area (Å²) >= 11 is 7.12. The highest BCUT2D eigenvalue weighted by Crippen LogP contribution is 2.44. The van der Waals surface area contributed by atoms with Gasteiger partial charge in [0.05, 0.1) is 27.9 Å². The molecule has 1 fully saturated rings. The van der Waals surface area contributed by atoms with Crippen LogP contribution in [0.4, 0.5) is 5.13 Å². The molecule has 4 aromatic rings. The lowest BCUT2D eigenvalue weighted by atomic mass is 9.96. The number of anilines is 1. The first-order chi connectivity index (χ1) is 16.7. The van der Waals surface area contributed by atoms with E-state index < -0.39 is 17.7 Å². The number of amides is 1. The number of carbonyl (C=O) groups excluding carboxylic acids is 3. The smallest absolute Gasteiger partial charge is 0.301 e. The highest BCUT2D eigenvalue weighted by atomic mass is 35.5. The fraction of sp³-hybridized carbons (Fsp3) is 0.160. The van der Waals surface area contributed by atoms with Crippen LogP contribution in [0.25, 0.3) is 11.4 Å². The van der Waals surface area contributed by atoms with Crippen molar-refractivity contribution >= 4 is 56.9 Å². The molecule has 1 unspecified atom stereocenters. The molecule has 8 nitrogen and oxygen atoms in total. The zero-order valence-corrected chi connectivity index (χ0v) is 20.5.